The van der Waals surface area contributed by atoms with Crippen molar-refractivity contribution in [3.63, 3.8) is 0 Å². The van der Waals surface area contributed by atoms with E-state index in [1.807, 2.05) is 19.1 Å². The average Bonchev–Trinajstić information content (AvgIpc) is 2.71. The van der Waals surface area contributed by atoms with Gasteiger partial charge >= 0.3 is 0 Å². The van der Waals surface area contributed by atoms with E-state index in [-0.39, 0.29) is 42.5 Å². The van der Waals surface area contributed by atoms with Crippen molar-refractivity contribution in [2.45, 2.75) is 26.3 Å². The molecule has 2 amide bonds. The van der Waals surface area contributed by atoms with Gasteiger partial charge in [0.2, 0.25) is 11.8 Å². The second kappa shape index (κ2) is 8.87. The van der Waals surface area contributed by atoms with Gasteiger partial charge in [0.15, 0.2) is 0 Å². The topological polar surface area (TPSA) is 93.1 Å². The van der Waals surface area contributed by atoms with E-state index in [2.05, 4.69) is 15.6 Å². The van der Waals surface area contributed by atoms with Crippen LogP contribution in [-0.4, -0.2) is 28.4 Å². The lowest BCUT2D eigenvalue weighted by Gasteiger charge is -2.13. The van der Waals surface area contributed by atoms with Crippen LogP contribution >= 0.6 is 11.6 Å². The number of hydrogen-bond donors (Lipinski definition) is 2. The average molecular weight is 413 g/mol. The number of fused-ring (bicyclic) bond motifs is 1. The Balaban J connectivity index is 1.93. The molecule has 0 aliphatic rings. The summed E-state index contributed by atoms with van der Waals surface area (Å²) in [6.07, 6.45) is 0.337. The molecule has 2 N–H and O–H groups in total. The van der Waals surface area contributed by atoms with Crippen molar-refractivity contribution >= 4 is 40.1 Å². The lowest BCUT2D eigenvalue weighted by atomic mass is 10.2. The van der Waals surface area contributed by atoms with Crippen LogP contribution < -0.4 is 16.2 Å². The monoisotopic (exact) mass is 412 g/mol. The Bertz CT molecular complexity index is 1140. The maximum Gasteiger partial charge on any atom is 0.273 e. The molecule has 29 heavy (non-hydrogen) atoms. The van der Waals surface area contributed by atoms with Crippen molar-refractivity contribution in [3.05, 3.63) is 69.1 Å². The molecular weight excluding hydrogens is 392 g/mol. The fourth-order valence-electron chi connectivity index (χ4n) is 2.98. The smallest absolute Gasteiger partial charge is 0.273 e. The standard InChI is InChI=1S/C21H21ClN4O3/c1-13-7-8-14(22)11-17(13)25-20(28)12-26-18-6-4-3-5-15(18)24-16(21(26)29)9-10-19(27)23-2/h3-8,11H,9-10,12H2,1-2H3,(H,23,27)(H,25,28). The molecule has 0 spiro atoms. The summed E-state index contributed by atoms with van der Waals surface area (Å²) in [4.78, 5) is 41.6. The number of benzene rings is 2. The summed E-state index contributed by atoms with van der Waals surface area (Å²) in [5.74, 6) is -0.536. The van der Waals surface area contributed by atoms with Gasteiger partial charge in [0, 0.05) is 30.6 Å². The van der Waals surface area contributed by atoms with Crippen LogP contribution in [0.5, 0.6) is 0 Å². The normalized spacial score (nSPS) is 10.7. The van der Waals surface area contributed by atoms with Gasteiger partial charge in [0.1, 0.15) is 12.2 Å². The van der Waals surface area contributed by atoms with Gasteiger partial charge in [-0.3, -0.25) is 19.0 Å². The van der Waals surface area contributed by atoms with Crippen LogP contribution in [0.4, 0.5) is 5.69 Å². The zero-order valence-electron chi connectivity index (χ0n) is 16.2. The third kappa shape index (κ3) is 4.81. The zero-order valence-corrected chi connectivity index (χ0v) is 16.9. The molecule has 8 heteroatoms. The molecule has 0 unspecified atom stereocenters. The minimum atomic E-state index is -0.384. The van der Waals surface area contributed by atoms with E-state index in [1.54, 1.807) is 30.3 Å². The van der Waals surface area contributed by atoms with Gasteiger partial charge in [-0.15, -0.1) is 0 Å². The van der Waals surface area contributed by atoms with Crippen LogP contribution in [0.1, 0.15) is 17.7 Å². The molecule has 3 rings (SSSR count). The number of nitrogens with one attached hydrogen (secondary N) is 2. The number of para-hydroxylation sites is 2. The Morgan fingerprint density at radius 3 is 2.66 bits per heavy atom. The summed E-state index contributed by atoms with van der Waals surface area (Å²) in [6.45, 7) is 1.68. The maximum absolute atomic E-state index is 13.0. The van der Waals surface area contributed by atoms with E-state index < -0.39 is 0 Å². The summed E-state index contributed by atoms with van der Waals surface area (Å²) >= 11 is 6.01. The summed E-state index contributed by atoms with van der Waals surface area (Å²) < 4.78 is 1.39. The van der Waals surface area contributed by atoms with Crippen LogP contribution in [-0.2, 0) is 22.6 Å². The number of carbonyl (C=O) groups is 2. The van der Waals surface area contributed by atoms with Crippen LogP contribution in [0.15, 0.2) is 47.3 Å². The van der Waals surface area contributed by atoms with E-state index in [4.69, 9.17) is 11.6 Å². The van der Waals surface area contributed by atoms with Crippen molar-refractivity contribution < 1.29 is 9.59 Å². The third-order valence-corrected chi connectivity index (χ3v) is 4.80. The van der Waals surface area contributed by atoms with Gasteiger partial charge in [-0.25, -0.2) is 4.98 Å². The van der Waals surface area contributed by atoms with E-state index in [1.165, 1.54) is 11.6 Å². The van der Waals surface area contributed by atoms with Gasteiger partial charge in [0.25, 0.3) is 5.56 Å². The molecule has 7 nitrogen and oxygen atoms in total. The molecule has 0 fully saturated rings. The van der Waals surface area contributed by atoms with Crippen molar-refractivity contribution in [1.29, 1.82) is 0 Å². The predicted molar refractivity (Wildman–Crippen MR) is 113 cm³/mol. The Kier molecular flexibility index (Phi) is 6.29. The molecule has 3 aromatic rings. The van der Waals surface area contributed by atoms with Crippen molar-refractivity contribution in [2.75, 3.05) is 12.4 Å². The number of halogens is 1. The minimum Gasteiger partial charge on any atom is -0.359 e. The number of hydrogen-bond acceptors (Lipinski definition) is 4. The van der Waals surface area contributed by atoms with Crippen LogP contribution in [0, 0.1) is 6.92 Å². The first kappa shape index (κ1) is 20.5. The predicted octanol–water partition coefficient (Wildman–Crippen LogP) is 2.68. The molecule has 0 aliphatic carbocycles. The Morgan fingerprint density at radius 2 is 1.90 bits per heavy atom. The second-order valence-electron chi connectivity index (χ2n) is 6.62. The van der Waals surface area contributed by atoms with Gasteiger partial charge < -0.3 is 10.6 Å². The van der Waals surface area contributed by atoms with Crippen LogP contribution in [0.3, 0.4) is 0 Å². The molecular formula is C21H21ClN4O3. The highest BCUT2D eigenvalue weighted by atomic mass is 35.5. The molecule has 0 saturated heterocycles. The fraction of sp³-hybridized carbons (Fsp3) is 0.238. The third-order valence-electron chi connectivity index (χ3n) is 4.56. The molecule has 2 aromatic carbocycles. The van der Waals surface area contributed by atoms with Crippen molar-refractivity contribution in [3.8, 4) is 0 Å². The van der Waals surface area contributed by atoms with Gasteiger partial charge in [-0.2, -0.15) is 0 Å². The van der Waals surface area contributed by atoms with Crippen molar-refractivity contribution in [2.24, 2.45) is 0 Å². The van der Waals surface area contributed by atoms with Crippen molar-refractivity contribution in [1.82, 2.24) is 14.9 Å². The van der Waals surface area contributed by atoms with Gasteiger partial charge in [0.05, 0.1) is 11.0 Å². The molecule has 150 valence electrons. The highest BCUT2D eigenvalue weighted by molar-refractivity contribution is 6.31. The summed E-state index contributed by atoms with van der Waals surface area (Å²) in [5.41, 5.74) is 2.46. The SMILES string of the molecule is CNC(=O)CCc1nc2ccccc2n(CC(=O)Nc2cc(Cl)ccc2C)c1=O. The lowest BCUT2D eigenvalue weighted by Crippen LogP contribution is -2.31. The largest absolute Gasteiger partial charge is 0.359 e. The van der Waals surface area contributed by atoms with E-state index in [0.29, 0.717) is 21.7 Å². The summed E-state index contributed by atoms with van der Waals surface area (Å²) in [5, 5.41) is 5.84. The number of rotatable bonds is 6. The van der Waals surface area contributed by atoms with Crippen LogP contribution in [0.25, 0.3) is 11.0 Å². The second-order valence-corrected chi connectivity index (χ2v) is 7.06. The highest BCUT2D eigenvalue weighted by Crippen LogP contribution is 2.20. The molecule has 0 saturated carbocycles. The fourth-order valence-corrected chi connectivity index (χ4v) is 3.16. The minimum absolute atomic E-state index is 0.144. The first-order valence-corrected chi connectivity index (χ1v) is 9.52. The highest BCUT2D eigenvalue weighted by Gasteiger charge is 2.15. The molecule has 0 radical (unpaired) electrons. The number of aryl methyl sites for hydroxylation is 2. The molecule has 1 heterocycles. The van der Waals surface area contributed by atoms with Gasteiger partial charge in [-0.05, 0) is 36.8 Å². The number of carbonyl (C=O) groups excluding carboxylic acids is 2. The molecule has 1 aromatic heterocycles. The zero-order chi connectivity index (χ0) is 21.0. The van der Waals surface area contributed by atoms with Crippen LogP contribution in [0.2, 0.25) is 5.02 Å². The molecule has 0 atom stereocenters. The lowest BCUT2D eigenvalue weighted by molar-refractivity contribution is -0.120. The number of anilines is 1. The molecule has 0 aliphatic heterocycles. The number of aromatic nitrogens is 2. The summed E-state index contributed by atoms with van der Waals surface area (Å²) in [6, 6.07) is 12.3. The Morgan fingerprint density at radius 1 is 1.14 bits per heavy atom. The Hall–Kier alpha value is -3.19. The quantitative estimate of drug-likeness (QED) is 0.651. The van der Waals surface area contributed by atoms with E-state index in [9.17, 15) is 14.4 Å². The number of amides is 2. The van der Waals surface area contributed by atoms with E-state index in [0.717, 1.165) is 5.56 Å². The van der Waals surface area contributed by atoms with Gasteiger partial charge in [-0.1, -0.05) is 29.8 Å². The maximum atomic E-state index is 13.0. The first-order chi connectivity index (χ1) is 13.9. The number of nitrogens with zero attached hydrogens (tertiary/aromatic N) is 2. The summed E-state index contributed by atoms with van der Waals surface area (Å²) in [7, 11) is 1.54. The molecule has 0 bridgehead atoms. The van der Waals surface area contributed by atoms with E-state index >= 15 is 0 Å². The first-order valence-electron chi connectivity index (χ1n) is 9.14. The Labute approximate surface area is 172 Å².